The van der Waals surface area contributed by atoms with E-state index in [0.717, 1.165) is 49.7 Å². The first kappa shape index (κ1) is 16.6. The Labute approximate surface area is 133 Å². The van der Waals surface area contributed by atoms with Crippen LogP contribution in [0.15, 0.2) is 18.2 Å². The number of halogens is 1. The minimum absolute atomic E-state index is 0.209. The molecule has 1 aliphatic rings. The van der Waals surface area contributed by atoms with Crippen molar-refractivity contribution in [3.8, 4) is 0 Å². The fourth-order valence-electron chi connectivity index (χ4n) is 2.81. The van der Waals surface area contributed by atoms with Crippen LogP contribution in [0.2, 0.25) is 5.02 Å². The third-order valence-corrected chi connectivity index (χ3v) is 4.51. The van der Waals surface area contributed by atoms with E-state index in [1.165, 1.54) is 12.0 Å². The molecule has 1 aromatic carbocycles. The van der Waals surface area contributed by atoms with Crippen LogP contribution in [-0.4, -0.2) is 31.8 Å². The molecule has 0 aromatic heterocycles. The van der Waals surface area contributed by atoms with E-state index in [2.05, 4.69) is 36.9 Å². The predicted octanol–water partition coefficient (Wildman–Crippen LogP) is 3.63. The van der Waals surface area contributed by atoms with Crippen LogP contribution in [0, 0.1) is 0 Å². The third kappa shape index (κ3) is 4.60. The largest absolute Gasteiger partial charge is 0.376 e. The third-order valence-electron chi connectivity index (χ3n) is 4.20. The van der Waals surface area contributed by atoms with Gasteiger partial charge in [-0.2, -0.15) is 0 Å². The lowest BCUT2D eigenvalue weighted by molar-refractivity contribution is 0.115. The van der Waals surface area contributed by atoms with Crippen LogP contribution < -0.4 is 10.6 Å². The second-order valence-electron chi connectivity index (χ2n) is 5.83. The summed E-state index contributed by atoms with van der Waals surface area (Å²) < 4.78 is 5.74. The average Bonchev–Trinajstić information content (AvgIpc) is 2.98. The van der Waals surface area contributed by atoms with Gasteiger partial charge in [0.05, 0.1) is 16.8 Å². The van der Waals surface area contributed by atoms with Crippen molar-refractivity contribution in [1.29, 1.82) is 0 Å². The molecular formula is C17H27ClN2O. The van der Waals surface area contributed by atoms with Crippen molar-refractivity contribution in [2.45, 2.75) is 51.7 Å². The maximum Gasteiger partial charge on any atom is 0.0750 e. The quantitative estimate of drug-likeness (QED) is 0.836. The van der Waals surface area contributed by atoms with E-state index in [1.807, 2.05) is 0 Å². The van der Waals surface area contributed by atoms with Gasteiger partial charge in [-0.3, -0.25) is 0 Å². The Kier molecular flexibility index (Phi) is 6.34. The highest BCUT2D eigenvalue weighted by molar-refractivity contribution is 6.33. The molecule has 0 amide bonds. The maximum atomic E-state index is 6.49. The number of likely N-dealkylation sites (N-methyl/N-ethyl adjacent to an activating group) is 1. The number of hydrogen-bond acceptors (Lipinski definition) is 3. The fraction of sp³-hybridized carbons (Fsp3) is 0.647. The van der Waals surface area contributed by atoms with Crippen LogP contribution in [0.4, 0.5) is 5.69 Å². The van der Waals surface area contributed by atoms with Gasteiger partial charge in [0.25, 0.3) is 0 Å². The van der Waals surface area contributed by atoms with Crippen LogP contribution >= 0.6 is 11.6 Å². The van der Waals surface area contributed by atoms with E-state index in [0.29, 0.717) is 6.10 Å². The molecule has 1 heterocycles. The fourth-order valence-corrected chi connectivity index (χ4v) is 3.14. The van der Waals surface area contributed by atoms with Gasteiger partial charge in [-0.15, -0.1) is 0 Å². The highest BCUT2D eigenvalue weighted by Crippen LogP contribution is 2.28. The van der Waals surface area contributed by atoms with Crippen LogP contribution in [0.1, 0.15) is 38.7 Å². The van der Waals surface area contributed by atoms with E-state index in [4.69, 9.17) is 22.1 Å². The summed E-state index contributed by atoms with van der Waals surface area (Å²) in [6, 6.07) is 6.54. The highest BCUT2D eigenvalue weighted by atomic mass is 35.5. The molecule has 2 rings (SSSR count). The summed E-state index contributed by atoms with van der Waals surface area (Å²) in [4.78, 5) is 2.31. The first-order valence-corrected chi connectivity index (χ1v) is 8.42. The second kappa shape index (κ2) is 8.02. The zero-order chi connectivity index (χ0) is 15.2. The molecule has 4 heteroatoms. The van der Waals surface area contributed by atoms with Gasteiger partial charge < -0.3 is 15.4 Å². The van der Waals surface area contributed by atoms with Gasteiger partial charge in [0.2, 0.25) is 0 Å². The molecule has 0 saturated carbocycles. The molecule has 3 nitrogen and oxygen atoms in total. The van der Waals surface area contributed by atoms with E-state index >= 15 is 0 Å². The van der Waals surface area contributed by atoms with E-state index < -0.39 is 0 Å². The molecule has 2 N–H and O–H groups in total. The number of rotatable bonds is 7. The Bertz CT molecular complexity index is 446. The van der Waals surface area contributed by atoms with Gasteiger partial charge in [-0.05, 0) is 50.3 Å². The van der Waals surface area contributed by atoms with Crippen molar-refractivity contribution in [3.63, 3.8) is 0 Å². The Morgan fingerprint density at radius 1 is 1.43 bits per heavy atom. The van der Waals surface area contributed by atoms with Gasteiger partial charge in [-0.25, -0.2) is 0 Å². The lowest BCUT2D eigenvalue weighted by Gasteiger charge is -2.27. The maximum absolute atomic E-state index is 6.49. The molecule has 21 heavy (non-hydrogen) atoms. The molecule has 1 aromatic rings. The Hall–Kier alpha value is -0.770. The van der Waals surface area contributed by atoms with Gasteiger partial charge in [0.1, 0.15) is 0 Å². The number of nitrogens with two attached hydrogens (primary N) is 1. The average molecular weight is 311 g/mol. The van der Waals surface area contributed by atoms with E-state index in [1.54, 1.807) is 0 Å². The van der Waals surface area contributed by atoms with Crippen LogP contribution in [0.25, 0.3) is 0 Å². The Morgan fingerprint density at radius 2 is 2.24 bits per heavy atom. The van der Waals surface area contributed by atoms with Crippen molar-refractivity contribution in [2.24, 2.45) is 5.73 Å². The molecular weight excluding hydrogens is 284 g/mol. The number of nitrogens with zero attached hydrogens (tertiary/aromatic N) is 1. The van der Waals surface area contributed by atoms with Crippen molar-refractivity contribution in [3.05, 3.63) is 28.8 Å². The predicted molar refractivity (Wildman–Crippen MR) is 90.3 cm³/mol. The summed E-state index contributed by atoms with van der Waals surface area (Å²) in [5.74, 6) is 0. The zero-order valence-corrected chi connectivity index (χ0v) is 13.9. The zero-order valence-electron chi connectivity index (χ0n) is 13.1. The van der Waals surface area contributed by atoms with Crippen LogP contribution in [0.3, 0.4) is 0 Å². The summed E-state index contributed by atoms with van der Waals surface area (Å²) in [6.45, 7) is 7.02. The minimum atomic E-state index is 0.209. The van der Waals surface area contributed by atoms with Crippen molar-refractivity contribution >= 4 is 17.3 Å². The first-order valence-electron chi connectivity index (χ1n) is 8.04. The number of benzene rings is 1. The van der Waals surface area contributed by atoms with E-state index in [9.17, 15) is 0 Å². The topological polar surface area (TPSA) is 38.5 Å². The molecule has 0 spiro atoms. The first-order chi connectivity index (χ1) is 10.1. The summed E-state index contributed by atoms with van der Waals surface area (Å²) in [5, 5.41) is 0.815. The molecule has 2 atom stereocenters. The SMILES string of the molecule is CCC(N)Cc1ccc(N(CC)CC2CCCO2)c(Cl)c1. The molecule has 1 aliphatic heterocycles. The van der Waals surface area contributed by atoms with Crippen molar-refractivity contribution < 1.29 is 4.74 Å². The smallest absolute Gasteiger partial charge is 0.0750 e. The summed E-state index contributed by atoms with van der Waals surface area (Å²) >= 11 is 6.49. The lowest BCUT2D eigenvalue weighted by Crippen LogP contribution is -2.32. The minimum Gasteiger partial charge on any atom is -0.376 e. The Morgan fingerprint density at radius 3 is 2.81 bits per heavy atom. The number of hydrogen-bond donors (Lipinski definition) is 1. The molecule has 1 saturated heterocycles. The summed E-state index contributed by atoms with van der Waals surface area (Å²) in [7, 11) is 0. The second-order valence-corrected chi connectivity index (χ2v) is 6.24. The lowest BCUT2D eigenvalue weighted by atomic mass is 10.0. The standard InChI is InChI=1S/C17H27ClN2O/c1-3-14(19)10-13-7-8-17(16(18)11-13)20(4-2)12-15-6-5-9-21-15/h7-8,11,14-15H,3-6,9-10,12,19H2,1-2H3. The van der Waals surface area contributed by atoms with Gasteiger partial charge >= 0.3 is 0 Å². The van der Waals surface area contributed by atoms with Gasteiger partial charge in [0.15, 0.2) is 0 Å². The van der Waals surface area contributed by atoms with Gasteiger partial charge in [-0.1, -0.05) is 24.6 Å². The van der Waals surface area contributed by atoms with Crippen LogP contribution in [-0.2, 0) is 11.2 Å². The van der Waals surface area contributed by atoms with Gasteiger partial charge in [0, 0.05) is 25.7 Å². The number of anilines is 1. The molecule has 0 aliphatic carbocycles. The monoisotopic (exact) mass is 310 g/mol. The highest BCUT2D eigenvalue weighted by Gasteiger charge is 2.20. The summed E-state index contributed by atoms with van der Waals surface area (Å²) in [6.07, 6.45) is 4.53. The summed E-state index contributed by atoms with van der Waals surface area (Å²) in [5.41, 5.74) is 8.33. The molecule has 118 valence electrons. The van der Waals surface area contributed by atoms with Crippen molar-refractivity contribution in [2.75, 3.05) is 24.6 Å². The van der Waals surface area contributed by atoms with Crippen molar-refractivity contribution in [1.82, 2.24) is 0 Å². The van der Waals surface area contributed by atoms with Crippen LogP contribution in [0.5, 0.6) is 0 Å². The molecule has 0 bridgehead atoms. The van der Waals surface area contributed by atoms with E-state index in [-0.39, 0.29) is 6.04 Å². The molecule has 0 radical (unpaired) electrons. The molecule has 1 fully saturated rings. The normalized spacial score (nSPS) is 19.7. The number of ether oxygens (including phenoxy) is 1. The molecule has 2 unspecified atom stereocenters. The Balaban J connectivity index is 2.06.